The molecule has 0 unspecified atom stereocenters. The number of carbonyl (C=O) groups excluding carboxylic acids is 1. The number of hydrogen-bond donors (Lipinski definition) is 3. The largest absolute Gasteiger partial charge is 0.508 e. The van der Waals surface area contributed by atoms with E-state index in [0.717, 1.165) is 0 Å². The van der Waals surface area contributed by atoms with E-state index in [1.54, 1.807) is 24.3 Å². The molecule has 6 heteroatoms. The average molecular weight is 349 g/mol. The molecule has 0 saturated heterocycles. The summed E-state index contributed by atoms with van der Waals surface area (Å²) in [5.41, 5.74) is 3.54. The van der Waals surface area contributed by atoms with Gasteiger partial charge in [0.2, 0.25) is 5.91 Å². The van der Waals surface area contributed by atoms with Crippen LogP contribution in [0.25, 0.3) is 0 Å². The van der Waals surface area contributed by atoms with E-state index in [1.165, 1.54) is 24.4 Å². The third-order valence-electron chi connectivity index (χ3n) is 2.69. The minimum Gasteiger partial charge on any atom is -0.508 e. The van der Waals surface area contributed by atoms with Crippen molar-refractivity contribution in [3.05, 3.63) is 58.1 Å². The number of hydrazone groups is 1. The van der Waals surface area contributed by atoms with Gasteiger partial charge < -0.3 is 10.2 Å². The van der Waals surface area contributed by atoms with Crippen LogP contribution in [0.1, 0.15) is 11.1 Å². The molecule has 3 N–H and O–H groups in total. The first-order valence-electron chi connectivity index (χ1n) is 6.13. The van der Waals surface area contributed by atoms with Crippen LogP contribution in [0.5, 0.6) is 11.5 Å². The van der Waals surface area contributed by atoms with Crippen molar-refractivity contribution in [3.8, 4) is 11.5 Å². The van der Waals surface area contributed by atoms with Crippen molar-refractivity contribution in [2.24, 2.45) is 5.10 Å². The molecule has 0 atom stereocenters. The number of benzene rings is 2. The van der Waals surface area contributed by atoms with Gasteiger partial charge in [-0.3, -0.25) is 4.79 Å². The fraction of sp³-hybridized carbons (Fsp3) is 0.0667. The predicted octanol–water partition coefficient (Wildman–Crippen LogP) is 2.55. The average Bonchev–Trinajstić information content (AvgIpc) is 2.42. The van der Waals surface area contributed by atoms with Crippen molar-refractivity contribution < 1.29 is 15.0 Å². The quantitative estimate of drug-likeness (QED) is 0.586. The van der Waals surface area contributed by atoms with E-state index >= 15 is 0 Å². The molecule has 5 nitrogen and oxygen atoms in total. The lowest BCUT2D eigenvalue weighted by molar-refractivity contribution is -0.120. The SMILES string of the molecule is O=C(Cc1cccc(O)c1)N/N=C/c1c(O)cccc1Br. The Morgan fingerprint density at radius 1 is 1.24 bits per heavy atom. The molecule has 0 aliphatic heterocycles. The summed E-state index contributed by atoms with van der Waals surface area (Å²) in [4.78, 5) is 11.7. The number of halogens is 1. The van der Waals surface area contributed by atoms with Crippen LogP contribution in [0.3, 0.4) is 0 Å². The summed E-state index contributed by atoms with van der Waals surface area (Å²) in [6, 6.07) is 11.4. The Labute approximate surface area is 130 Å². The summed E-state index contributed by atoms with van der Waals surface area (Å²) in [6.45, 7) is 0. The highest BCUT2D eigenvalue weighted by Gasteiger charge is 2.04. The van der Waals surface area contributed by atoms with Crippen molar-refractivity contribution in [3.63, 3.8) is 0 Å². The van der Waals surface area contributed by atoms with Gasteiger partial charge in [0.05, 0.1) is 18.2 Å². The standard InChI is InChI=1S/C15H13BrN2O3/c16-13-5-2-6-14(20)12(13)9-17-18-15(21)8-10-3-1-4-11(19)7-10/h1-7,9,19-20H,8H2,(H,18,21)/b17-9+. The van der Waals surface area contributed by atoms with Crippen LogP contribution in [0.2, 0.25) is 0 Å². The van der Waals surface area contributed by atoms with Crippen molar-refractivity contribution in [2.45, 2.75) is 6.42 Å². The van der Waals surface area contributed by atoms with E-state index in [4.69, 9.17) is 0 Å². The highest BCUT2D eigenvalue weighted by Crippen LogP contribution is 2.23. The fourth-order valence-corrected chi connectivity index (χ4v) is 2.17. The third kappa shape index (κ3) is 4.32. The van der Waals surface area contributed by atoms with Gasteiger partial charge in [-0.2, -0.15) is 5.10 Å². The summed E-state index contributed by atoms with van der Waals surface area (Å²) in [5.74, 6) is -0.138. The van der Waals surface area contributed by atoms with Crippen molar-refractivity contribution in [1.29, 1.82) is 0 Å². The van der Waals surface area contributed by atoms with E-state index in [2.05, 4.69) is 26.5 Å². The maximum Gasteiger partial charge on any atom is 0.244 e. The minimum atomic E-state index is -0.316. The highest BCUT2D eigenvalue weighted by atomic mass is 79.9. The molecule has 2 aromatic rings. The monoisotopic (exact) mass is 348 g/mol. The first-order chi connectivity index (χ1) is 10.1. The zero-order valence-corrected chi connectivity index (χ0v) is 12.5. The van der Waals surface area contributed by atoms with Crippen LogP contribution in [-0.4, -0.2) is 22.3 Å². The second kappa shape index (κ2) is 6.90. The van der Waals surface area contributed by atoms with Crippen molar-refractivity contribution in [2.75, 3.05) is 0 Å². The summed E-state index contributed by atoms with van der Waals surface area (Å²) in [7, 11) is 0. The van der Waals surface area contributed by atoms with E-state index in [-0.39, 0.29) is 23.8 Å². The van der Waals surface area contributed by atoms with Gasteiger partial charge in [-0.05, 0) is 45.8 Å². The topological polar surface area (TPSA) is 81.9 Å². The normalized spacial score (nSPS) is 10.7. The number of phenolic OH excluding ortho intramolecular Hbond substituents is 2. The summed E-state index contributed by atoms with van der Waals surface area (Å²) < 4.78 is 0.675. The lowest BCUT2D eigenvalue weighted by Crippen LogP contribution is -2.19. The number of nitrogens with zero attached hydrogens (tertiary/aromatic N) is 1. The van der Waals surface area contributed by atoms with Gasteiger partial charge in [-0.15, -0.1) is 0 Å². The van der Waals surface area contributed by atoms with Crippen LogP contribution >= 0.6 is 15.9 Å². The van der Waals surface area contributed by atoms with Gasteiger partial charge in [0.1, 0.15) is 11.5 Å². The van der Waals surface area contributed by atoms with Crippen molar-refractivity contribution >= 4 is 28.1 Å². The molecule has 0 fully saturated rings. The second-order valence-electron chi connectivity index (χ2n) is 4.31. The van der Waals surface area contributed by atoms with Gasteiger partial charge in [-0.1, -0.05) is 18.2 Å². The molecule has 21 heavy (non-hydrogen) atoms. The number of hydrogen-bond acceptors (Lipinski definition) is 4. The van der Waals surface area contributed by atoms with E-state index in [9.17, 15) is 15.0 Å². The van der Waals surface area contributed by atoms with E-state index < -0.39 is 0 Å². The number of phenols is 2. The molecular weight excluding hydrogens is 336 g/mol. The zero-order valence-electron chi connectivity index (χ0n) is 11.0. The molecular formula is C15H13BrN2O3. The van der Waals surface area contributed by atoms with E-state index in [1.807, 2.05) is 0 Å². The molecule has 0 saturated carbocycles. The lowest BCUT2D eigenvalue weighted by atomic mass is 10.1. The number of aromatic hydroxyl groups is 2. The minimum absolute atomic E-state index is 0.0651. The Morgan fingerprint density at radius 2 is 2.00 bits per heavy atom. The van der Waals surface area contributed by atoms with Crippen LogP contribution < -0.4 is 5.43 Å². The highest BCUT2D eigenvalue weighted by molar-refractivity contribution is 9.10. The molecule has 2 rings (SSSR count). The molecule has 0 aliphatic carbocycles. The molecule has 0 radical (unpaired) electrons. The van der Waals surface area contributed by atoms with Gasteiger partial charge in [0.15, 0.2) is 0 Å². The number of nitrogens with one attached hydrogen (secondary N) is 1. The van der Waals surface area contributed by atoms with E-state index in [0.29, 0.717) is 15.6 Å². The maximum atomic E-state index is 11.7. The number of rotatable bonds is 4. The Kier molecular flexibility index (Phi) is 4.94. The van der Waals surface area contributed by atoms with Gasteiger partial charge >= 0.3 is 0 Å². The van der Waals surface area contributed by atoms with Gasteiger partial charge in [-0.25, -0.2) is 5.43 Å². The molecule has 108 valence electrons. The molecule has 0 spiro atoms. The molecule has 0 bridgehead atoms. The Bertz CT molecular complexity index is 666. The Morgan fingerprint density at radius 3 is 2.71 bits per heavy atom. The second-order valence-corrected chi connectivity index (χ2v) is 5.17. The first kappa shape index (κ1) is 15.1. The van der Waals surface area contributed by atoms with Crippen LogP contribution in [0, 0.1) is 0 Å². The van der Waals surface area contributed by atoms with Crippen LogP contribution in [-0.2, 0) is 11.2 Å². The van der Waals surface area contributed by atoms with Gasteiger partial charge in [0.25, 0.3) is 0 Å². The zero-order chi connectivity index (χ0) is 15.2. The maximum absolute atomic E-state index is 11.7. The molecule has 0 aromatic heterocycles. The summed E-state index contributed by atoms with van der Waals surface area (Å²) >= 11 is 3.28. The van der Waals surface area contributed by atoms with Crippen LogP contribution in [0.15, 0.2) is 52.0 Å². The van der Waals surface area contributed by atoms with Crippen LogP contribution in [0.4, 0.5) is 0 Å². The predicted molar refractivity (Wildman–Crippen MR) is 83.4 cm³/mol. The molecule has 1 amide bonds. The van der Waals surface area contributed by atoms with Crippen molar-refractivity contribution in [1.82, 2.24) is 5.43 Å². The summed E-state index contributed by atoms with van der Waals surface area (Å²) in [6.07, 6.45) is 1.47. The lowest BCUT2D eigenvalue weighted by Gasteiger charge is -2.03. The third-order valence-corrected chi connectivity index (χ3v) is 3.38. The molecule has 2 aromatic carbocycles. The number of amides is 1. The number of carbonyl (C=O) groups is 1. The Hall–Kier alpha value is -2.34. The molecule has 0 aliphatic rings. The smallest absolute Gasteiger partial charge is 0.244 e. The fourth-order valence-electron chi connectivity index (χ4n) is 1.71. The van der Waals surface area contributed by atoms with Gasteiger partial charge in [0, 0.05) is 4.47 Å². The Balaban J connectivity index is 1.96. The first-order valence-corrected chi connectivity index (χ1v) is 6.93. The molecule has 0 heterocycles. The summed E-state index contributed by atoms with van der Waals surface area (Å²) in [5, 5.41) is 22.8.